The van der Waals surface area contributed by atoms with E-state index in [1.807, 2.05) is 37.3 Å². The molecular formula is C10H14O3S. The van der Waals surface area contributed by atoms with Crippen molar-refractivity contribution in [2.24, 2.45) is 0 Å². The zero-order chi connectivity index (χ0) is 10.6. The van der Waals surface area contributed by atoms with Gasteiger partial charge >= 0.3 is 0 Å². The van der Waals surface area contributed by atoms with Gasteiger partial charge in [-0.3, -0.25) is 4.18 Å². The Labute approximate surface area is 84.8 Å². The molecule has 1 atom stereocenters. The van der Waals surface area contributed by atoms with Gasteiger partial charge in [-0.15, -0.1) is 0 Å². The number of hydrogen-bond acceptors (Lipinski definition) is 3. The van der Waals surface area contributed by atoms with Gasteiger partial charge in [-0.1, -0.05) is 37.3 Å². The van der Waals surface area contributed by atoms with Crippen LogP contribution in [0.1, 0.15) is 18.4 Å². The van der Waals surface area contributed by atoms with Gasteiger partial charge in [-0.25, -0.2) is 0 Å². The van der Waals surface area contributed by atoms with E-state index >= 15 is 0 Å². The smallest absolute Gasteiger partial charge is 0.264 e. The van der Waals surface area contributed by atoms with Crippen molar-refractivity contribution in [3.63, 3.8) is 0 Å². The molecule has 1 aromatic carbocycles. The van der Waals surface area contributed by atoms with Crippen LogP contribution in [0.25, 0.3) is 0 Å². The van der Waals surface area contributed by atoms with E-state index < -0.39 is 10.1 Å². The van der Waals surface area contributed by atoms with Crippen molar-refractivity contribution < 1.29 is 12.6 Å². The van der Waals surface area contributed by atoms with Crippen LogP contribution in [0.15, 0.2) is 30.3 Å². The highest BCUT2D eigenvalue weighted by Gasteiger charge is 2.08. The van der Waals surface area contributed by atoms with Gasteiger partial charge in [0, 0.05) is 5.92 Å². The Hall–Kier alpha value is -0.870. The SMILES string of the molecule is C[C@H](COS(C)(=O)=O)c1ccccc1. The molecule has 0 radical (unpaired) electrons. The molecule has 0 aliphatic rings. The number of hydrogen-bond donors (Lipinski definition) is 0. The van der Waals surface area contributed by atoms with Crippen LogP contribution in [0.2, 0.25) is 0 Å². The van der Waals surface area contributed by atoms with Crippen LogP contribution in [0.4, 0.5) is 0 Å². The second kappa shape index (κ2) is 4.57. The minimum atomic E-state index is -3.33. The zero-order valence-corrected chi connectivity index (χ0v) is 9.12. The highest BCUT2D eigenvalue weighted by Crippen LogP contribution is 2.15. The molecule has 14 heavy (non-hydrogen) atoms. The van der Waals surface area contributed by atoms with Crippen molar-refractivity contribution in [2.45, 2.75) is 12.8 Å². The van der Waals surface area contributed by atoms with Gasteiger partial charge in [0.25, 0.3) is 10.1 Å². The van der Waals surface area contributed by atoms with Crippen molar-refractivity contribution in [2.75, 3.05) is 12.9 Å². The molecule has 0 saturated heterocycles. The summed E-state index contributed by atoms with van der Waals surface area (Å²) in [6.07, 6.45) is 1.06. The van der Waals surface area contributed by atoms with Crippen molar-refractivity contribution >= 4 is 10.1 Å². The van der Waals surface area contributed by atoms with Crippen LogP contribution in [0.3, 0.4) is 0 Å². The van der Waals surface area contributed by atoms with E-state index in [0.717, 1.165) is 11.8 Å². The summed E-state index contributed by atoms with van der Waals surface area (Å²) in [5.74, 6) is 0.0888. The summed E-state index contributed by atoms with van der Waals surface area (Å²) in [4.78, 5) is 0. The van der Waals surface area contributed by atoms with E-state index in [-0.39, 0.29) is 12.5 Å². The van der Waals surface area contributed by atoms with Crippen molar-refractivity contribution in [3.05, 3.63) is 35.9 Å². The van der Waals surface area contributed by atoms with Gasteiger partial charge in [0.05, 0.1) is 12.9 Å². The Kier molecular flexibility index (Phi) is 3.66. The lowest BCUT2D eigenvalue weighted by molar-refractivity contribution is 0.301. The highest BCUT2D eigenvalue weighted by atomic mass is 32.2. The summed E-state index contributed by atoms with van der Waals surface area (Å²) in [6, 6.07) is 9.68. The van der Waals surface area contributed by atoms with Crippen LogP contribution in [0.5, 0.6) is 0 Å². The van der Waals surface area contributed by atoms with E-state index in [2.05, 4.69) is 0 Å². The molecule has 0 N–H and O–H groups in total. The summed E-state index contributed by atoms with van der Waals surface area (Å²) >= 11 is 0. The highest BCUT2D eigenvalue weighted by molar-refractivity contribution is 7.85. The van der Waals surface area contributed by atoms with Gasteiger partial charge in [0.2, 0.25) is 0 Å². The molecule has 0 spiro atoms. The van der Waals surface area contributed by atoms with Crippen LogP contribution in [-0.4, -0.2) is 21.3 Å². The molecule has 0 unspecified atom stereocenters. The number of rotatable bonds is 4. The third-order valence-electron chi connectivity index (χ3n) is 1.90. The topological polar surface area (TPSA) is 43.4 Å². The molecule has 0 aromatic heterocycles. The predicted molar refractivity (Wildman–Crippen MR) is 55.7 cm³/mol. The van der Waals surface area contributed by atoms with Gasteiger partial charge in [-0.2, -0.15) is 8.42 Å². The Morgan fingerprint density at radius 2 is 1.86 bits per heavy atom. The Balaban J connectivity index is 2.56. The normalized spacial score (nSPS) is 13.9. The zero-order valence-electron chi connectivity index (χ0n) is 8.30. The molecule has 0 heterocycles. The molecule has 0 bridgehead atoms. The van der Waals surface area contributed by atoms with Crippen molar-refractivity contribution in [1.29, 1.82) is 0 Å². The minimum absolute atomic E-state index is 0.0888. The summed E-state index contributed by atoms with van der Waals surface area (Å²) in [6.45, 7) is 2.13. The summed E-state index contributed by atoms with van der Waals surface area (Å²) in [5, 5.41) is 0. The van der Waals surface area contributed by atoms with Crippen LogP contribution >= 0.6 is 0 Å². The van der Waals surface area contributed by atoms with Gasteiger partial charge < -0.3 is 0 Å². The third kappa shape index (κ3) is 3.89. The lowest BCUT2D eigenvalue weighted by Crippen LogP contribution is -2.09. The first kappa shape index (κ1) is 11.2. The molecule has 4 heteroatoms. The van der Waals surface area contributed by atoms with E-state index in [1.54, 1.807) is 0 Å². The monoisotopic (exact) mass is 214 g/mol. The maximum Gasteiger partial charge on any atom is 0.264 e. The fraction of sp³-hybridized carbons (Fsp3) is 0.400. The van der Waals surface area contributed by atoms with Gasteiger partial charge in [0.1, 0.15) is 0 Å². The van der Waals surface area contributed by atoms with Crippen molar-refractivity contribution in [1.82, 2.24) is 0 Å². The second-order valence-electron chi connectivity index (χ2n) is 3.30. The van der Waals surface area contributed by atoms with E-state index in [0.29, 0.717) is 0 Å². The van der Waals surface area contributed by atoms with Crippen LogP contribution in [0, 0.1) is 0 Å². The maximum atomic E-state index is 10.7. The first-order valence-corrected chi connectivity index (χ1v) is 6.20. The Morgan fingerprint density at radius 1 is 1.29 bits per heavy atom. The van der Waals surface area contributed by atoms with Crippen LogP contribution < -0.4 is 0 Å². The molecule has 3 nitrogen and oxygen atoms in total. The molecule has 78 valence electrons. The largest absolute Gasteiger partial charge is 0.270 e. The molecule has 0 aliphatic carbocycles. The maximum absolute atomic E-state index is 10.7. The minimum Gasteiger partial charge on any atom is -0.270 e. The first-order valence-electron chi connectivity index (χ1n) is 4.38. The summed E-state index contributed by atoms with van der Waals surface area (Å²) < 4.78 is 26.2. The standard InChI is InChI=1S/C10H14O3S/c1-9(8-13-14(2,11)12)10-6-4-3-5-7-10/h3-7,9H,8H2,1-2H3/t9-/m1/s1. The Bertz CT molecular complexity index is 370. The summed E-state index contributed by atoms with van der Waals surface area (Å²) in [7, 11) is -3.33. The lowest BCUT2D eigenvalue weighted by Gasteiger charge is -2.10. The van der Waals surface area contributed by atoms with E-state index in [9.17, 15) is 8.42 Å². The van der Waals surface area contributed by atoms with Crippen molar-refractivity contribution in [3.8, 4) is 0 Å². The molecule has 1 aromatic rings. The molecule has 0 saturated carbocycles. The molecule has 0 amide bonds. The molecule has 0 fully saturated rings. The average Bonchev–Trinajstić information content (AvgIpc) is 2.14. The van der Waals surface area contributed by atoms with E-state index in [4.69, 9.17) is 4.18 Å². The fourth-order valence-electron chi connectivity index (χ4n) is 1.10. The Morgan fingerprint density at radius 3 is 2.36 bits per heavy atom. The van der Waals surface area contributed by atoms with Gasteiger partial charge in [0.15, 0.2) is 0 Å². The molecule has 1 rings (SSSR count). The predicted octanol–water partition coefficient (Wildman–Crippen LogP) is 1.77. The van der Waals surface area contributed by atoms with Crippen LogP contribution in [-0.2, 0) is 14.3 Å². The summed E-state index contributed by atoms with van der Waals surface area (Å²) in [5.41, 5.74) is 1.08. The average molecular weight is 214 g/mol. The second-order valence-corrected chi connectivity index (χ2v) is 4.94. The fourth-order valence-corrected chi connectivity index (χ4v) is 1.55. The lowest BCUT2D eigenvalue weighted by atomic mass is 10.0. The molecule has 0 aliphatic heterocycles. The van der Waals surface area contributed by atoms with E-state index in [1.165, 1.54) is 0 Å². The quantitative estimate of drug-likeness (QED) is 0.717. The number of benzene rings is 1. The third-order valence-corrected chi connectivity index (χ3v) is 2.46. The van der Waals surface area contributed by atoms with Gasteiger partial charge in [-0.05, 0) is 5.56 Å². The molecular weight excluding hydrogens is 200 g/mol. The first-order chi connectivity index (χ1) is 6.49.